The molecular formula is C14H22ClN3O. The molecule has 0 aliphatic heterocycles. The lowest BCUT2D eigenvalue weighted by atomic mass is 9.78. The van der Waals surface area contributed by atoms with Crippen molar-refractivity contribution in [2.75, 3.05) is 5.32 Å². The molecule has 4 nitrogen and oxygen atoms in total. The quantitative estimate of drug-likeness (QED) is 0.927. The minimum atomic E-state index is -0.217. The van der Waals surface area contributed by atoms with Crippen LogP contribution in [0, 0.1) is 11.8 Å². The van der Waals surface area contributed by atoms with Crippen molar-refractivity contribution in [2.24, 2.45) is 11.8 Å². The van der Waals surface area contributed by atoms with Crippen LogP contribution in [0.1, 0.15) is 40.0 Å². The molecule has 19 heavy (non-hydrogen) atoms. The van der Waals surface area contributed by atoms with Gasteiger partial charge >= 0.3 is 0 Å². The fraction of sp³-hybridized carbons (Fsp3) is 0.714. The van der Waals surface area contributed by atoms with Crippen molar-refractivity contribution in [1.29, 1.82) is 0 Å². The second kappa shape index (κ2) is 5.95. The molecule has 3 atom stereocenters. The average Bonchev–Trinajstić information content (AvgIpc) is 2.40. The average molecular weight is 284 g/mol. The molecule has 106 valence electrons. The summed E-state index contributed by atoms with van der Waals surface area (Å²) in [5.74, 6) is 1.28. The summed E-state index contributed by atoms with van der Waals surface area (Å²) in [6.45, 7) is 6.96. The van der Waals surface area contributed by atoms with Gasteiger partial charge in [0.1, 0.15) is 5.02 Å². The molecule has 0 radical (unpaired) electrons. The zero-order valence-electron chi connectivity index (χ0n) is 11.8. The third kappa shape index (κ3) is 2.94. The Morgan fingerprint density at radius 2 is 2.21 bits per heavy atom. The second-order valence-electron chi connectivity index (χ2n) is 5.51. The van der Waals surface area contributed by atoms with Gasteiger partial charge in [0.15, 0.2) is 0 Å². The third-order valence-electron chi connectivity index (χ3n) is 4.33. The van der Waals surface area contributed by atoms with E-state index in [1.807, 2.05) is 6.92 Å². The first-order valence-corrected chi connectivity index (χ1v) is 7.44. The minimum Gasteiger partial charge on any atom is -0.379 e. The zero-order chi connectivity index (χ0) is 14.0. The Morgan fingerprint density at radius 3 is 2.89 bits per heavy atom. The summed E-state index contributed by atoms with van der Waals surface area (Å²) in [5.41, 5.74) is 0.452. The molecule has 1 aromatic heterocycles. The number of rotatable bonds is 3. The van der Waals surface area contributed by atoms with E-state index in [1.165, 1.54) is 17.5 Å². The molecule has 3 unspecified atom stereocenters. The van der Waals surface area contributed by atoms with Gasteiger partial charge in [0.25, 0.3) is 5.56 Å². The van der Waals surface area contributed by atoms with Gasteiger partial charge in [0, 0.05) is 12.6 Å². The van der Waals surface area contributed by atoms with Gasteiger partial charge in [0.2, 0.25) is 0 Å². The fourth-order valence-corrected chi connectivity index (χ4v) is 2.98. The molecule has 1 aliphatic rings. The predicted octanol–water partition coefficient (Wildman–Crippen LogP) is 3.15. The Kier molecular flexibility index (Phi) is 4.50. The van der Waals surface area contributed by atoms with Gasteiger partial charge in [-0.2, -0.15) is 5.10 Å². The van der Waals surface area contributed by atoms with Crippen LogP contribution in [0.2, 0.25) is 5.02 Å². The van der Waals surface area contributed by atoms with Crippen molar-refractivity contribution in [2.45, 2.75) is 52.6 Å². The first-order valence-electron chi connectivity index (χ1n) is 7.06. The first kappa shape index (κ1) is 14.4. The number of hydrogen-bond donors (Lipinski definition) is 1. The highest BCUT2D eigenvalue weighted by Gasteiger charge is 2.27. The molecule has 5 heteroatoms. The maximum atomic E-state index is 11.9. The molecule has 1 N–H and O–H groups in total. The van der Waals surface area contributed by atoms with Gasteiger partial charge < -0.3 is 5.32 Å². The molecule has 0 saturated heterocycles. The Bertz CT molecular complexity index is 500. The molecule has 1 heterocycles. The highest BCUT2D eigenvalue weighted by Crippen LogP contribution is 2.32. The summed E-state index contributed by atoms with van der Waals surface area (Å²) in [4.78, 5) is 11.9. The van der Waals surface area contributed by atoms with E-state index in [1.54, 1.807) is 6.20 Å². The number of aryl methyl sites for hydroxylation is 1. The second-order valence-corrected chi connectivity index (χ2v) is 5.89. The van der Waals surface area contributed by atoms with Crippen molar-refractivity contribution in [3.8, 4) is 0 Å². The summed E-state index contributed by atoms with van der Waals surface area (Å²) in [7, 11) is 0. The van der Waals surface area contributed by atoms with Crippen LogP contribution in [0.3, 0.4) is 0 Å². The van der Waals surface area contributed by atoms with E-state index in [2.05, 4.69) is 24.3 Å². The summed E-state index contributed by atoms with van der Waals surface area (Å²) >= 11 is 6.14. The van der Waals surface area contributed by atoms with Crippen molar-refractivity contribution in [3.05, 3.63) is 21.6 Å². The smallest absolute Gasteiger partial charge is 0.287 e. The van der Waals surface area contributed by atoms with Gasteiger partial charge in [-0.15, -0.1) is 0 Å². The highest BCUT2D eigenvalue weighted by atomic mass is 35.5. The molecule has 0 aromatic carbocycles. The lowest BCUT2D eigenvalue weighted by molar-refractivity contribution is 0.253. The molecule has 1 fully saturated rings. The van der Waals surface area contributed by atoms with E-state index < -0.39 is 0 Å². The molecule has 0 spiro atoms. The number of anilines is 1. The van der Waals surface area contributed by atoms with Gasteiger partial charge in [-0.25, -0.2) is 4.68 Å². The van der Waals surface area contributed by atoms with E-state index in [4.69, 9.17) is 11.6 Å². The predicted molar refractivity (Wildman–Crippen MR) is 78.8 cm³/mol. The number of nitrogens with zero attached hydrogens (tertiary/aromatic N) is 2. The normalized spacial score (nSPS) is 27.3. The van der Waals surface area contributed by atoms with E-state index in [0.717, 1.165) is 6.42 Å². The van der Waals surface area contributed by atoms with Crippen LogP contribution in [-0.2, 0) is 6.54 Å². The Balaban J connectivity index is 2.19. The van der Waals surface area contributed by atoms with Crippen LogP contribution in [0.4, 0.5) is 5.69 Å². The maximum Gasteiger partial charge on any atom is 0.287 e. The van der Waals surface area contributed by atoms with Crippen LogP contribution in [-0.4, -0.2) is 15.8 Å². The van der Waals surface area contributed by atoms with Crippen molar-refractivity contribution in [3.63, 3.8) is 0 Å². The lowest BCUT2D eigenvalue weighted by Crippen LogP contribution is -2.36. The number of halogens is 1. The van der Waals surface area contributed by atoms with E-state index in [-0.39, 0.29) is 10.6 Å². The van der Waals surface area contributed by atoms with E-state index in [9.17, 15) is 4.79 Å². The maximum absolute atomic E-state index is 11.9. The zero-order valence-corrected chi connectivity index (χ0v) is 12.6. The molecular weight excluding hydrogens is 262 g/mol. The number of nitrogens with one attached hydrogen (secondary N) is 1. The summed E-state index contributed by atoms with van der Waals surface area (Å²) in [5, 5.41) is 7.79. The molecule has 0 amide bonds. The topological polar surface area (TPSA) is 46.9 Å². The monoisotopic (exact) mass is 283 g/mol. The van der Waals surface area contributed by atoms with Crippen LogP contribution < -0.4 is 10.9 Å². The van der Waals surface area contributed by atoms with Crippen molar-refractivity contribution < 1.29 is 0 Å². The molecule has 1 aromatic rings. The van der Waals surface area contributed by atoms with Crippen molar-refractivity contribution >= 4 is 17.3 Å². The molecule has 1 saturated carbocycles. The summed E-state index contributed by atoms with van der Waals surface area (Å²) in [6.07, 6.45) is 5.29. The van der Waals surface area contributed by atoms with Crippen LogP contribution in [0.15, 0.2) is 11.0 Å². The van der Waals surface area contributed by atoms with Gasteiger partial charge in [-0.3, -0.25) is 4.79 Å². The fourth-order valence-electron chi connectivity index (χ4n) is 2.78. The Morgan fingerprint density at radius 1 is 1.47 bits per heavy atom. The van der Waals surface area contributed by atoms with Crippen LogP contribution in [0.25, 0.3) is 0 Å². The van der Waals surface area contributed by atoms with Gasteiger partial charge in [-0.05, 0) is 25.2 Å². The number of aromatic nitrogens is 2. The van der Waals surface area contributed by atoms with Crippen molar-refractivity contribution in [1.82, 2.24) is 9.78 Å². The van der Waals surface area contributed by atoms with E-state index >= 15 is 0 Å². The Labute approximate surface area is 119 Å². The Hall–Kier alpha value is -1.03. The highest BCUT2D eigenvalue weighted by molar-refractivity contribution is 6.32. The SMILES string of the molecule is CCn1ncc(NC2CCCC(C)C2C)c(Cl)c1=O. The third-order valence-corrected chi connectivity index (χ3v) is 4.70. The van der Waals surface area contributed by atoms with Crippen LogP contribution in [0.5, 0.6) is 0 Å². The van der Waals surface area contributed by atoms with Gasteiger partial charge in [-0.1, -0.05) is 38.3 Å². The molecule has 1 aliphatic carbocycles. The molecule has 0 bridgehead atoms. The first-order chi connectivity index (χ1) is 9.04. The summed E-state index contributed by atoms with van der Waals surface area (Å²) in [6, 6.07) is 0.375. The largest absolute Gasteiger partial charge is 0.379 e. The van der Waals surface area contributed by atoms with E-state index in [0.29, 0.717) is 30.1 Å². The van der Waals surface area contributed by atoms with Crippen LogP contribution >= 0.6 is 11.6 Å². The lowest BCUT2D eigenvalue weighted by Gasteiger charge is -2.35. The molecule has 2 rings (SSSR count). The van der Waals surface area contributed by atoms with Gasteiger partial charge in [0.05, 0.1) is 11.9 Å². The standard InChI is InChI=1S/C14H22ClN3O/c1-4-18-14(19)13(15)12(8-16-18)17-11-7-5-6-9(2)10(11)3/h8-11,17H,4-7H2,1-3H3. The minimum absolute atomic E-state index is 0.217. The number of hydrogen-bond acceptors (Lipinski definition) is 3. The summed E-state index contributed by atoms with van der Waals surface area (Å²) < 4.78 is 1.38.